The summed E-state index contributed by atoms with van der Waals surface area (Å²) in [6, 6.07) is 13.0. The van der Waals surface area contributed by atoms with Crippen molar-refractivity contribution in [3.05, 3.63) is 57.5 Å². The number of nitrogens with zero attached hydrogens (tertiary/aromatic N) is 3. The molecule has 3 aromatic rings. The fraction of sp³-hybridized carbons (Fsp3) is 0.263. The first-order valence-electron chi connectivity index (χ1n) is 8.22. The van der Waals surface area contributed by atoms with E-state index in [0.717, 1.165) is 27.7 Å². The molecule has 0 saturated carbocycles. The second kappa shape index (κ2) is 9.85. The number of halogens is 3. The lowest BCUT2D eigenvalue weighted by atomic mass is 10.2. The van der Waals surface area contributed by atoms with Gasteiger partial charge in [-0.05, 0) is 63.5 Å². The Hall–Kier alpha value is -1.18. The molecule has 2 aromatic carbocycles. The van der Waals surface area contributed by atoms with Crippen LogP contribution in [0.3, 0.4) is 0 Å². The predicted octanol–water partition coefficient (Wildman–Crippen LogP) is 5.73. The van der Waals surface area contributed by atoms with Gasteiger partial charge in [0.15, 0.2) is 5.13 Å². The maximum Gasteiger partial charge on any atom is 0.260 e. The van der Waals surface area contributed by atoms with Gasteiger partial charge in [-0.25, -0.2) is 4.98 Å². The average Bonchev–Trinajstić information content (AvgIpc) is 3.00. The van der Waals surface area contributed by atoms with E-state index in [0.29, 0.717) is 22.3 Å². The normalized spacial score (nSPS) is 10.9. The Morgan fingerprint density at radius 1 is 1.19 bits per heavy atom. The summed E-state index contributed by atoms with van der Waals surface area (Å²) in [5.74, 6) is -0.0793. The highest BCUT2D eigenvalue weighted by Crippen LogP contribution is 2.32. The van der Waals surface area contributed by atoms with E-state index in [1.54, 1.807) is 29.2 Å². The monoisotopic (exact) mass is 487 g/mol. The van der Waals surface area contributed by atoms with Crippen LogP contribution < -0.4 is 4.90 Å². The van der Waals surface area contributed by atoms with Gasteiger partial charge in [-0.2, -0.15) is 0 Å². The van der Waals surface area contributed by atoms with Crippen LogP contribution in [0.15, 0.2) is 46.9 Å². The highest BCUT2D eigenvalue weighted by atomic mass is 79.9. The number of anilines is 1. The van der Waals surface area contributed by atoms with Crippen LogP contribution in [0, 0.1) is 0 Å². The highest BCUT2D eigenvalue weighted by Gasteiger charge is 2.21. The number of thiazole rings is 1. The molecule has 0 aliphatic rings. The Morgan fingerprint density at radius 2 is 1.96 bits per heavy atom. The van der Waals surface area contributed by atoms with Crippen LogP contribution in [0.5, 0.6) is 0 Å². The minimum atomic E-state index is -0.0793. The van der Waals surface area contributed by atoms with Gasteiger partial charge in [-0.15, -0.1) is 12.4 Å². The minimum absolute atomic E-state index is 0. The number of carbonyl (C=O) groups is 1. The Labute approximate surface area is 182 Å². The maximum absolute atomic E-state index is 13.1. The standard InChI is InChI=1S/C19H19BrClN3OS.ClH/c1-23(2)9-4-10-24(18(25)13-5-3-6-15(21)11-13)19-22-16-8-7-14(20)12-17(16)26-19;/h3,5-8,11-12H,4,9-10H2,1-2H3;1H. The average molecular weight is 489 g/mol. The van der Waals surface area contributed by atoms with Crippen LogP contribution in [0.1, 0.15) is 16.8 Å². The number of fused-ring (bicyclic) bond motifs is 1. The molecular formula is C19H20BrCl2N3OS. The molecule has 0 fully saturated rings. The van der Waals surface area contributed by atoms with Crippen molar-refractivity contribution in [3.8, 4) is 0 Å². The van der Waals surface area contributed by atoms with Crippen LogP contribution in [0.4, 0.5) is 5.13 Å². The van der Waals surface area contributed by atoms with Gasteiger partial charge in [0.25, 0.3) is 5.91 Å². The van der Waals surface area contributed by atoms with Crippen LogP contribution in [-0.4, -0.2) is 43.0 Å². The fourth-order valence-corrected chi connectivity index (χ4v) is 4.34. The van der Waals surface area contributed by atoms with Crippen molar-refractivity contribution in [2.75, 3.05) is 32.1 Å². The number of carbonyl (C=O) groups excluding carboxylic acids is 1. The van der Waals surface area contributed by atoms with Crippen LogP contribution in [-0.2, 0) is 0 Å². The summed E-state index contributed by atoms with van der Waals surface area (Å²) in [7, 11) is 4.05. The lowest BCUT2D eigenvalue weighted by Gasteiger charge is -2.21. The molecule has 0 unspecified atom stereocenters. The van der Waals surface area contributed by atoms with Crippen molar-refractivity contribution in [3.63, 3.8) is 0 Å². The quantitative estimate of drug-likeness (QED) is 0.444. The van der Waals surface area contributed by atoms with Gasteiger partial charge < -0.3 is 4.90 Å². The number of rotatable bonds is 6. The third kappa shape index (κ3) is 5.65. The van der Waals surface area contributed by atoms with E-state index in [-0.39, 0.29) is 18.3 Å². The van der Waals surface area contributed by atoms with E-state index in [1.165, 1.54) is 11.3 Å². The van der Waals surface area contributed by atoms with Crippen LogP contribution >= 0.6 is 51.3 Å². The summed E-state index contributed by atoms with van der Waals surface area (Å²) >= 11 is 11.1. The van der Waals surface area contributed by atoms with Gasteiger partial charge in [0.05, 0.1) is 10.2 Å². The van der Waals surface area contributed by atoms with Crippen molar-refractivity contribution in [2.24, 2.45) is 0 Å². The molecule has 3 rings (SSSR count). The number of hydrogen-bond acceptors (Lipinski definition) is 4. The summed E-state index contributed by atoms with van der Waals surface area (Å²) in [5, 5.41) is 1.26. The van der Waals surface area contributed by atoms with E-state index in [9.17, 15) is 4.79 Å². The van der Waals surface area contributed by atoms with Gasteiger partial charge >= 0.3 is 0 Å². The number of benzene rings is 2. The van der Waals surface area contributed by atoms with Gasteiger partial charge in [0, 0.05) is 21.6 Å². The molecule has 144 valence electrons. The van der Waals surface area contributed by atoms with Gasteiger partial charge in [0.1, 0.15) is 0 Å². The Bertz CT molecular complexity index is 932. The molecule has 1 aromatic heterocycles. The zero-order chi connectivity index (χ0) is 18.7. The number of aromatic nitrogens is 1. The predicted molar refractivity (Wildman–Crippen MR) is 121 cm³/mol. The lowest BCUT2D eigenvalue weighted by Crippen LogP contribution is -2.33. The second-order valence-electron chi connectivity index (χ2n) is 6.23. The molecule has 8 heteroatoms. The van der Waals surface area contributed by atoms with Gasteiger partial charge in [-0.3, -0.25) is 9.69 Å². The molecule has 0 bridgehead atoms. The largest absolute Gasteiger partial charge is 0.309 e. The van der Waals surface area contributed by atoms with Crippen molar-refractivity contribution in [1.82, 2.24) is 9.88 Å². The molecule has 0 N–H and O–H groups in total. The minimum Gasteiger partial charge on any atom is -0.309 e. The molecule has 27 heavy (non-hydrogen) atoms. The van der Waals surface area contributed by atoms with Gasteiger partial charge in [0.2, 0.25) is 0 Å². The molecule has 0 aliphatic carbocycles. The number of hydrogen-bond donors (Lipinski definition) is 0. The maximum atomic E-state index is 13.1. The zero-order valence-corrected chi connectivity index (χ0v) is 19.0. The first-order valence-corrected chi connectivity index (χ1v) is 10.2. The summed E-state index contributed by atoms with van der Waals surface area (Å²) in [4.78, 5) is 21.7. The van der Waals surface area contributed by atoms with E-state index in [1.807, 2.05) is 32.3 Å². The van der Waals surface area contributed by atoms with Crippen LogP contribution in [0.2, 0.25) is 5.02 Å². The highest BCUT2D eigenvalue weighted by molar-refractivity contribution is 9.10. The molecule has 0 spiro atoms. The molecule has 1 heterocycles. The van der Waals surface area contributed by atoms with E-state index < -0.39 is 0 Å². The molecule has 0 aliphatic heterocycles. The second-order valence-corrected chi connectivity index (χ2v) is 8.59. The first kappa shape index (κ1) is 22.1. The number of amides is 1. The third-order valence-electron chi connectivity index (χ3n) is 3.87. The van der Waals surface area contributed by atoms with E-state index in [2.05, 4.69) is 25.8 Å². The molecule has 0 atom stereocenters. The fourth-order valence-electron chi connectivity index (χ4n) is 2.61. The van der Waals surface area contributed by atoms with Gasteiger partial charge in [-0.1, -0.05) is 44.9 Å². The van der Waals surface area contributed by atoms with E-state index in [4.69, 9.17) is 11.6 Å². The van der Waals surface area contributed by atoms with Crippen molar-refractivity contribution >= 4 is 72.5 Å². The van der Waals surface area contributed by atoms with Crippen molar-refractivity contribution in [2.45, 2.75) is 6.42 Å². The van der Waals surface area contributed by atoms with Crippen LogP contribution in [0.25, 0.3) is 10.2 Å². The summed E-state index contributed by atoms with van der Waals surface area (Å²) in [6.07, 6.45) is 0.860. The van der Waals surface area contributed by atoms with E-state index >= 15 is 0 Å². The smallest absolute Gasteiger partial charge is 0.260 e. The van der Waals surface area contributed by atoms with Crippen molar-refractivity contribution in [1.29, 1.82) is 0 Å². The zero-order valence-electron chi connectivity index (χ0n) is 15.0. The molecule has 1 amide bonds. The summed E-state index contributed by atoms with van der Waals surface area (Å²) in [6.45, 7) is 1.50. The molecular weight excluding hydrogens is 469 g/mol. The Balaban J connectivity index is 0.00000261. The van der Waals surface area contributed by atoms with Crippen molar-refractivity contribution < 1.29 is 4.79 Å². The first-order chi connectivity index (χ1) is 12.4. The molecule has 0 radical (unpaired) electrons. The summed E-state index contributed by atoms with van der Waals surface area (Å²) in [5.41, 5.74) is 1.47. The Morgan fingerprint density at radius 3 is 2.67 bits per heavy atom. The molecule has 4 nitrogen and oxygen atoms in total. The SMILES string of the molecule is CN(C)CCCN(C(=O)c1cccc(Cl)c1)c1nc2ccc(Br)cc2s1.Cl. The summed E-state index contributed by atoms with van der Waals surface area (Å²) < 4.78 is 2.05. The topological polar surface area (TPSA) is 36.4 Å². The lowest BCUT2D eigenvalue weighted by molar-refractivity contribution is 0.0986. The third-order valence-corrected chi connectivity index (χ3v) is 5.64. The Kier molecular flexibility index (Phi) is 8.06. The molecule has 0 saturated heterocycles.